The Morgan fingerprint density at radius 1 is 1.33 bits per heavy atom. The van der Waals surface area contributed by atoms with Crippen molar-refractivity contribution >= 4 is 11.8 Å². The highest BCUT2D eigenvalue weighted by Crippen LogP contribution is 2.29. The number of hydrogen-bond acceptors (Lipinski definition) is 3. The minimum atomic E-state index is -4.18. The van der Waals surface area contributed by atoms with Gasteiger partial charge in [-0.1, -0.05) is 19.1 Å². The van der Waals surface area contributed by atoms with E-state index in [0.717, 1.165) is 18.7 Å². The van der Waals surface area contributed by atoms with E-state index in [1.807, 2.05) is 25.1 Å². The number of benzene rings is 1. The van der Waals surface area contributed by atoms with E-state index in [2.05, 4.69) is 5.32 Å². The third-order valence-corrected chi connectivity index (χ3v) is 2.79. The van der Waals surface area contributed by atoms with Crippen molar-refractivity contribution in [1.82, 2.24) is 5.32 Å². The molecule has 0 saturated carbocycles. The maximum atomic E-state index is 11.9. The van der Waals surface area contributed by atoms with Gasteiger partial charge in [-0.05, 0) is 36.0 Å². The topological polar surface area (TPSA) is 21.3 Å². The molecule has 0 radical (unpaired) electrons. The Morgan fingerprint density at radius 2 is 2.11 bits per heavy atom. The van der Waals surface area contributed by atoms with Crippen LogP contribution in [0.25, 0.3) is 0 Å². The first-order valence-corrected chi connectivity index (χ1v) is 6.63. The van der Waals surface area contributed by atoms with Gasteiger partial charge in [0.1, 0.15) is 5.75 Å². The molecule has 0 amide bonds. The van der Waals surface area contributed by atoms with Crippen LogP contribution in [0.15, 0.2) is 24.3 Å². The van der Waals surface area contributed by atoms with Crippen LogP contribution in [0.2, 0.25) is 0 Å². The van der Waals surface area contributed by atoms with Crippen LogP contribution >= 0.6 is 11.8 Å². The van der Waals surface area contributed by atoms with E-state index in [9.17, 15) is 13.2 Å². The second-order valence-electron chi connectivity index (χ2n) is 3.57. The maximum Gasteiger partial charge on any atom is 0.441 e. The number of ether oxygens (including phenoxy) is 1. The number of alkyl halides is 3. The standard InChI is InChI=1S/C12H16F3NOS/c1-2-16-9-10-4-3-5-11(8-10)17-6-7-18-12(13,14)15/h3-5,8,16H,2,6-7,9H2,1H3. The largest absolute Gasteiger partial charge is 0.493 e. The van der Waals surface area contributed by atoms with Crippen molar-refractivity contribution < 1.29 is 17.9 Å². The summed E-state index contributed by atoms with van der Waals surface area (Å²) in [6.07, 6.45) is 0. The molecule has 0 saturated heterocycles. The Morgan fingerprint density at radius 3 is 2.78 bits per heavy atom. The first-order valence-electron chi connectivity index (χ1n) is 5.64. The van der Waals surface area contributed by atoms with Crippen LogP contribution < -0.4 is 10.1 Å². The summed E-state index contributed by atoms with van der Waals surface area (Å²) in [5.74, 6) is 0.509. The lowest BCUT2D eigenvalue weighted by Crippen LogP contribution is -2.12. The lowest BCUT2D eigenvalue weighted by atomic mass is 10.2. The number of rotatable bonds is 7. The van der Waals surface area contributed by atoms with Crippen LogP contribution in [0.1, 0.15) is 12.5 Å². The molecule has 0 fully saturated rings. The van der Waals surface area contributed by atoms with Gasteiger partial charge in [-0.15, -0.1) is 0 Å². The number of thioether (sulfide) groups is 1. The van der Waals surface area contributed by atoms with Crippen LogP contribution in [-0.4, -0.2) is 24.4 Å². The average Bonchev–Trinajstić information content (AvgIpc) is 2.31. The molecule has 0 spiro atoms. The molecule has 0 bridgehead atoms. The fourth-order valence-corrected chi connectivity index (χ4v) is 1.73. The maximum absolute atomic E-state index is 11.9. The molecule has 2 nitrogen and oxygen atoms in total. The van der Waals surface area contributed by atoms with Crippen LogP contribution in [0.4, 0.5) is 13.2 Å². The Bertz CT molecular complexity index is 357. The number of halogens is 3. The first kappa shape index (κ1) is 15.2. The zero-order chi connectivity index (χ0) is 13.4. The normalized spacial score (nSPS) is 11.6. The zero-order valence-corrected chi connectivity index (χ0v) is 10.9. The summed E-state index contributed by atoms with van der Waals surface area (Å²) < 4.78 is 40.9. The molecule has 1 rings (SSSR count). The van der Waals surface area contributed by atoms with Gasteiger partial charge >= 0.3 is 5.51 Å². The van der Waals surface area contributed by atoms with Crippen molar-refractivity contribution in [3.8, 4) is 5.75 Å². The molecule has 0 unspecified atom stereocenters. The van der Waals surface area contributed by atoms with Crippen molar-refractivity contribution in [2.75, 3.05) is 18.9 Å². The van der Waals surface area contributed by atoms with Crippen LogP contribution in [0.3, 0.4) is 0 Å². The van der Waals surface area contributed by atoms with Crippen LogP contribution in [0.5, 0.6) is 5.75 Å². The van der Waals surface area contributed by atoms with Crippen molar-refractivity contribution in [3.05, 3.63) is 29.8 Å². The quantitative estimate of drug-likeness (QED) is 0.773. The summed E-state index contributed by atoms with van der Waals surface area (Å²) in [6, 6.07) is 7.35. The lowest BCUT2D eigenvalue weighted by Gasteiger charge is -2.09. The predicted octanol–water partition coefficient (Wildman–Crippen LogP) is 3.43. The second kappa shape index (κ2) is 7.53. The van der Waals surface area contributed by atoms with Crippen LogP contribution in [-0.2, 0) is 6.54 Å². The first-order chi connectivity index (χ1) is 8.51. The highest BCUT2D eigenvalue weighted by Gasteiger charge is 2.27. The minimum absolute atomic E-state index is 0.0504. The smallest absolute Gasteiger partial charge is 0.441 e. The van der Waals surface area contributed by atoms with Crippen molar-refractivity contribution in [3.63, 3.8) is 0 Å². The Labute approximate surface area is 109 Å². The Balaban J connectivity index is 2.33. The van der Waals surface area contributed by atoms with Gasteiger partial charge in [0.05, 0.1) is 6.61 Å². The van der Waals surface area contributed by atoms with Gasteiger partial charge in [0.2, 0.25) is 0 Å². The minimum Gasteiger partial charge on any atom is -0.493 e. The molecule has 1 aromatic rings. The second-order valence-corrected chi connectivity index (χ2v) is 4.73. The summed E-state index contributed by atoms with van der Waals surface area (Å²) in [7, 11) is 0. The van der Waals surface area contributed by atoms with Crippen LogP contribution in [0, 0.1) is 0 Å². The van der Waals surface area contributed by atoms with Gasteiger partial charge in [0, 0.05) is 12.3 Å². The van der Waals surface area contributed by atoms with Gasteiger partial charge in [0.15, 0.2) is 0 Å². The summed E-state index contributed by atoms with van der Waals surface area (Å²) in [4.78, 5) is 0. The Hall–Kier alpha value is -0.880. The third-order valence-electron chi connectivity index (χ3n) is 2.10. The molecular formula is C12H16F3NOS. The van der Waals surface area contributed by atoms with Gasteiger partial charge < -0.3 is 10.1 Å². The number of hydrogen-bond donors (Lipinski definition) is 1. The van der Waals surface area contributed by atoms with Gasteiger partial charge in [0.25, 0.3) is 0 Å². The predicted molar refractivity (Wildman–Crippen MR) is 67.8 cm³/mol. The lowest BCUT2D eigenvalue weighted by molar-refractivity contribution is -0.0329. The summed E-state index contributed by atoms with van der Waals surface area (Å²) in [5, 5.41) is 3.17. The molecule has 0 heterocycles. The monoisotopic (exact) mass is 279 g/mol. The summed E-state index contributed by atoms with van der Waals surface area (Å²) >= 11 is -0.0664. The molecule has 0 aliphatic heterocycles. The van der Waals surface area contributed by atoms with E-state index >= 15 is 0 Å². The molecule has 0 aliphatic rings. The molecule has 1 N–H and O–H groups in total. The average molecular weight is 279 g/mol. The van der Waals surface area contributed by atoms with E-state index in [4.69, 9.17) is 4.74 Å². The summed E-state index contributed by atoms with van der Waals surface area (Å²) in [5.41, 5.74) is -3.13. The Kier molecular flexibility index (Phi) is 6.35. The van der Waals surface area contributed by atoms with Crippen molar-refractivity contribution in [1.29, 1.82) is 0 Å². The van der Waals surface area contributed by atoms with E-state index in [1.165, 1.54) is 0 Å². The molecule has 102 valence electrons. The van der Waals surface area contributed by atoms with E-state index in [-0.39, 0.29) is 24.1 Å². The molecular weight excluding hydrogens is 263 g/mol. The highest BCUT2D eigenvalue weighted by atomic mass is 32.2. The SMILES string of the molecule is CCNCc1cccc(OCCSC(F)(F)F)c1. The molecule has 18 heavy (non-hydrogen) atoms. The third kappa shape index (κ3) is 6.76. The van der Waals surface area contributed by atoms with Gasteiger partial charge in [-0.2, -0.15) is 13.2 Å². The van der Waals surface area contributed by atoms with E-state index in [0.29, 0.717) is 5.75 Å². The fraction of sp³-hybridized carbons (Fsp3) is 0.500. The van der Waals surface area contributed by atoms with Crippen molar-refractivity contribution in [2.24, 2.45) is 0 Å². The van der Waals surface area contributed by atoms with E-state index in [1.54, 1.807) is 6.07 Å². The number of nitrogens with one attached hydrogen (secondary N) is 1. The van der Waals surface area contributed by atoms with Gasteiger partial charge in [-0.3, -0.25) is 0 Å². The highest BCUT2D eigenvalue weighted by molar-refractivity contribution is 8.00. The van der Waals surface area contributed by atoms with E-state index < -0.39 is 5.51 Å². The molecule has 0 aromatic heterocycles. The summed E-state index contributed by atoms with van der Waals surface area (Å²) in [6.45, 7) is 3.65. The fourth-order valence-electron chi connectivity index (χ4n) is 1.33. The molecule has 0 atom stereocenters. The molecule has 0 aliphatic carbocycles. The van der Waals surface area contributed by atoms with Crippen molar-refractivity contribution in [2.45, 2.75) is 19.0 Å². The molecule has 6 heteroatoms. The van der Waals surface area contributed by atoms with Gasteiger partial charge in [-0.25, -0.2) is 0 Å². The zero-order valence-electron chi connectivity index (χ0n) is 10.1. The molecule has 1 aromatic carbocycles.